The Morgan fingerprint density at radius 1 is 1.24 bits per heavy atom. The monoisotopic (exact) mass is 285 g/mol. The van der Waals surface area contributed by atoms with E-state index in [4.69, 9.17) is 0 Å². The summed E-state index contributed by atoms with van der Waals surface area (Å²) in [5, 5.41) is 10.6. The first-order valence-electron chi connectivity index (χ1n) is 7.10. The van der Waals surface area contributed by atoms with Crippen molar-refractivity contribution >= 4 is 17.0 Å². The normalized spacial score (nSPS) is 11.2. The molecular formula is C14H19N7. The Kier molecular flexibility index (Phi) is 3.55. The fourth-order valence-corrected chi connectivity index (χ4v) is 2.49. The number of hydrogen-bond donors (Lipinski definition) is 2. The zero-order valence-electron chi connectivity index (χ0n) is 12.5. The Labute approximate surface area is 122 Å². The molecule has 0 amide bonds. The topological polar surface area (TPSA) is 84.3 Å². The van der Waals surface area contributed by atoms with Crippen molar-refractivity contribution in [3.63, 3.8) is 0 Å². The van der Waals surface area contributed by atoms with Crippen molar-refractivity contribution < 1.29 is 0 Å². The van der Waals surface area contributed by atoms with E-state index in [-0.39, 0.29) is 0 Å². The highest BCUT2D eigenvalue weighted by molar-refractivity contribution is 5.82. The number of fused-ring (bicyclic) bond motifs is 1. The fourth-order valence-electron chi connectivity index (χ4n) is 2.49. The number of aryl methyl sites for hydroxylation is 3. The third-order valence-corrected chi connectivity index (χ3v) is 3.69. The summed E-state index contributed by atoms with van der Waals surface area (Å²) < 4.78 is 2.01. The Hall–Kier alpha value is -2.44. The summed E-state index contributed by atoms with van der Waals surface area (Å²) in [5.74, 6) is 0.783. The minimum atomic E-state index is 0.783. The molecule has 21 heavy (non-hydrogen) atoms. The molecule has 3 heterocycles. The van der Waals surface area contributed by atoms with Gasteiger partial charge in [0.05, 0.1) is 12.0 Å². The number of H-pyrrole nitrogens is 1. The lowest BCUT2D eigenvalue weighted by atomic mass is 10.1. The highest BCUT2D eigenvalue weighted by Gasteiger charge is 2.10. The van der Waals surface area contributed by atoms with Crippen LogP contribution in [0.4, 0.5) is 5.82 Å². The molecule has 0 aromatic carbocycles. The number of hydrogen-bond acceptors (Lipinski definition) is 5. The molecule has 2 N–H and O–H groups in total. The third-order valence-electron chi connectivity index (χ3n) is 3.69. The van der Waals surface area contributed by atoms with Crippen LogP contribution in [0.25, 0.3) is 11.2 Å². The molecule has 3 rings (SSSR count). The summed E-state index contributed by atoms with van der Waals surface area (Å²) in [6.45, 7) is 7.76. The predicted octanol–water partition coefficient (Wildman–Crippen LogP) is 1.84. The average Bonchev–Trinajstić information content (AvgIpc) is 3.05. The predicted molar refractivity (Wildman–Crippen MR) is 81.3 cm³/mol. The van der Waals surface area contributed by atoms with Gasteiger partial charge in [-0.15, -0.1) is 0 Å². The first-order valence-corrected chi connectivity index (χ1v) is 7.10. The van der Waals surface area contributed by atoms with Crippen LogP contribution in [-0.2, 0) is 13.0 Å². The van der Waals surface area contributed by atoms with Crippen molar-refractivity contribution in [2.45, 2.75) is 33.7 Å². The van der Waals surface area contributed by atoms with Crippen molar-refractivity contribution in [2.24, 2.45) is 0 Å². The molecule has 0 aliphatic carbocycles. The molecule has 0 aliphatic heterocycles. The van der Waals surface area contributed by atoms with Crippen molar-refractivity contribution in [1.82, 2.24) is 29.7 Å². The van der Waals surface area contributed by atoms with Gasteiger partial charge in [-0.05, 0) is 32.8 Å². The van der Waals surface area contributed by atoms with Gasteiger partial charge in [0.2, 0.25) is 0 Å². The van der Waals surface area contributed by atoms with Crippen LogP contribution in [0.15, 0.2) is 12.7 Å². The summed E-state index contributed by atoms with van der Waals surface area (Å²) in [6, 6.07) is 0. The fraction of sp³-hybridized carbons (Fsp3) is 0.429. The quantitative estimate of drug-likeness (QED) is 0.747. The van der Waals surface area contributed by atoms with Crippen LogP contribution in [0.1, 0.15) is 23.9 Å². The van der Waals surface area contributed by atoms with Crippen LogP contribution < -0.4 is 5.32 Å². The van der Waals surface area contributed by atoms with Crippen LogP contribution in [-0.4, -0.2) is 36.3 Å². The van der Waals surface area contributed by atoms with E-state index in [1.807, 2.05) is 18.4 Å². The van der Waals surface area contributed by atoms with Crippen LogP contribution in [0.2, 0.25) is 0 Å². The maximum absolute atomic E-state index is 4.40. The minimum Gasteiger partial charge on any atom is -0.368 e. The highest BCUT2D eigenvalue weighted by atomic mass is 15.1. The molecule has 7 heteroatoms. The van der Waals surface area contributed by atoms with Gasteiger partial charge in [0.1, 0.15) is 11.8 Å². The molecule has 0 saturated heterocycles. The van der Waals surface area contributed by atoms with Gasteiger partial charge in [0, 0.05) is 18.8 Å². The lowest BCUT2D eigenvalue weighted by molar-refractivity contribution is 0.777. The Morgan fingerprint density at radius 2 is 2.10 bits per heavy atom. The summed E-state index contributed by atoms with van der Waals surface area (Å²) in [7, 11) is 0. The van der Waals surface area contributed by atoms with Crippen molar-refractivity contribution in [1.29, 1.82) is 0 Å². The van der Waals surface area contributed by atoms with E-state index in [0.29, 0.717) is 0 Å². The van der Waals surface area contributed by atoms with Gasteiger partial charge in [0.25, 0.3) is 0 Å². The second kappa shape index (κ2) is 5.51. The van der Waals surface area contributed by atoms with Crippen LogP contribution in [0.5, 0.6) is 0 Å². The molecular weight excluding hydrogens is 266 g/mol. The zero-order chi connectivity index (χ0) is 14.8. The van der Waals surface area contributed by atoms with E-state index in [1.54, 1.807) is 12.7 Å². The number of aromatic nitrogens is 6. The molecule has 3 aromatic heterocycles. The van der Waals surface area contributed by atoms with Gasteiger partial charge >= 0.3 is 0 Å². The third kappa shape index (κ3) is 2.46. The van der Waals surface area contributed by atoms with E-state index in [9.17, 15) is 0 Å². The van der Waals surface area contributed by atoms with E-state index in [2.05, 4.69) is 37.4 Å². The first-order chi connectivity index (χ1) is 10.2. The Balaban J connectivity index is 1.75. The smallest absolute Gasteiger partial charge is 0.165 e. The van der Waals surface area contributed by atoms with Crippen molar-refractivity contribution in [3.8, 4) is 0 Å². The molecule has 7 nitrogen and oxygen atoms in total. The maximum atomic E-state index is 4.40. The summed E-state index contributed by atoms with van der Waals surface area (Å²) in [5.41, 5.74) is 5.12. The summed E-state index contributed by atoms with van der Waals surface area (Å²) in [4.78, 5) is 13.0. The summed E-state index contributed by atoms with van der Waals surface area (Å²) >= 11 is 0. The SMILES string of the molecule is CCn1cnc2c(NCCc3c(C)n[nH]c3C)ncnc21. The number of nitrogens with one attached hydrogen (secondary N) is 2. The molecule has 0 spiro atoms. The van der Waals surface area contributed by atoms with E-state index in [1.165, 1.54) is 5.56 Å². The molecule has 0 fully saturated rings. The van der Waals surface area contributed by atoms with Gasteiger partial charge in [-0.1, -0.05) is 0 Å². The van der Waals surface area contributed by atoms with Gasteiger partial charge in [-0.3, -0.25) is 5.10 Å². The molecule has 0 bridgehead atoms. The van der Waals surface area contributed by atoms with Gasteiger partial charge in [-0.2, -0.15) is 5.10 Å². The number of rotatable bonds is 5. The number of imidazole rings is 1. The molecule has 110 valence electrons. The zero-order valence-corrected chi connectivity index (χ0v) is 12.5. The maximum Gasteiger partial charge on any atom is 0.165 e. The Bertz CT molecular complexity index is 736. The van der Waals surface area contributed by atoms with E-state index in [0.717, 1.165) is 47.9 Å². The second-order valence-electron chi connectivity index (χ2n) is 5.01. The minimum absolute atomic E-state index is 0.783. The van der Waals surface area contributed by atoms with Crippen molar-refractivity contribution in [2.75, 3.05) is 11.9 Å². The largest absolute Gasteiger partial charge is 0.368 e. The van der Waals surface area contributed by atoms with Crippen molar-refractivity contribution in [3.05, 3.63) is 29.6 Å². The highest BCUT2D eigenvalue weighted by Crippen LogP contribution is 2.17. The lowest BCUT2D eigenvalue weighted by Gasteiger charge is -2.06. The summed E-state index contributed by atoms with van der Waals surface area (Å²) in [6.07, 6.45) is 4.27. The first kappa shape index (κ1) is 13.5. The van der Waals surface area contributed by atoms with E-state index >= 15 is 0 Å². The second-order valence-corrected chi connectivity index (χ2v) is 5.01. The molecule has 0 saturated carbocycles. The molecule has 0 atom stereocenters. The standard InChI is InChI=1S/C14H19N7/c1-4-21-8-18-12-13(16-7-17-14(12)21)15-6-5-11-9(2)19-20-10(11)3/h7-8H,4-6H2,1-3H3,(H,19,20)(H,15,16,17). The van der Waals surface area contributed by atoms with Crippen LogP contribution in [0.3, 0.4) is 0 Å². The molecule has 3 aromatic rings. The van der Waals surface area contributed by atoms with Gasteiger partial charge in [-0.25, -0.2) is 15.0 Å². The molecule has 0 aliphatic rings. The lowest BCUT2D eigenvalue weighted by Crippen LogP contribution is -2.08. The number of anilines is 1. The number of nitrogens with zero attached hydrogens (tertiary/aromatic N) is 5. The van der Waals surface area contributed by atoms with Crippen LogP contribution >= 0.6 is 0 Å². The van der Waals surface area contributed by atoms with Crippen LogP contribution in [0, 0.1) is 13.8 Å². The van der Waals surface area contributed by atoms with Gasteiger partial charge in [0.15, 0.2) is 11.5 Å². The Morgan fingerprint density at radius 3 is 2.81 bits per heavy atom. The van der Waals surface area contributed by atoms with Gasteiger partial charge < -0.3 is 9.88 Å². The molecule has 0 unspecified atom stereocenters. The molecule has 0 radical (unpaired) electrons. The van der Waals surface area contributed by atoms with E-state index < -0.39 is 0 Å². The number of aromatic amines is 1. The average molecular weight is 285 g/mol.